The lowest BCUT2D eigenvalue weighted by Crippen LogP contribution is -2.51. The Morgan fingerprint density at radius 1 is 1.22 bits per heavy atom. The molecule has 2 saturated carbocycles. The summed E-state index contributed by atoms with van der Waals surface area (Å²) in [6, 6.07) is 1.35. The molecule has 3 atom stereocenters. The van der Waals surface area contributed by atoms with Gasteiger partial charge in [-0.15, -0.1) is 0 Å². The van der Waals surface area contributed by atoms with Gasteiger partial charge in [0, 0.05) is 25.2 Å². The number of hydrogen-bond acceptors (Lipinski definition) is 3. The van der Waals surface area contributed by atoms with Crippen LogP contribution in [0.3, 0.4) is 0 Å². The Kier molecular flexibility index (Phi) is 5.46. The van der Waals surface area contributed by atoms with Crippen molar-refractivity contribution in [2.45, 2.75) is 51.1 Å². The Morgan fingerprint density at radius 2 is 2.00 bits per heavy atom. The fourth-order valence-electron chi connectivity index (χ4n) is 3.08. The zero-order valence-electron chi connectivity index (χ0n) is 12.3. The Hall–Kier alpha value is -0.120. The van der Waals surface area contributed by atoms with E-state index in [0.29, 0.717) is 12.1 Å². The van der Waals surface area contributed by atoms with E-state index in [0.717, 1.165) is 31.6 Å². The smallest absolute Gasteiger partial charge is 0.0593 e. The normalized spacial score (nSPS) is 33.0. The molecular formula is C15H30N2O. The van der Waals surface area contributed by atoms with Gasteiger partial charge in [-0.05, 0) is 58.0 Å². The van der Waals surface area contributed by atoms with Crippen LogP contribution >= 0.6 is 0 Å². The summed E-state index contributed by atoms with van der Waals surface area (Å²) < 4.78 is 5.75. The molecular weight excluding hydrogens is 224 g/mol. The second kappa shape index (κ2) is 6.88. The van der Waals surface area contributed by atoms with Crippen molar-refractivity contribution in [3.63, 3.8) is 0 Å². The highest BCUT2D eigenvalue weighted by atomic mass is 16.5. The van der Waals surface area contributed by atoms with Crippen LogP contribution in [0.25, 0.3) is 0 Å². The monoisotopic (exact) mass is 254 g/mol. The lowest BCUT2D eigenvalue weighted by Gasteiger charge is -2.40. The molecule has 0 bridgehead atoms. The third-order valence-electron chi connectivity index (χ3n) is 4.65. The van der Waals surface area contributed by atoms with Crippen LogP contribution in [0, 0.1) is 11.8 Å². The van der Waals surface area contributed by atoms with Crippen molar-refractivity contribution < 1.29 is 4.74 Å². The first-order valence-electron chi connectivity index (χ1n) is 7.66. The van der Waals surface area contributed by atoms with E-state index < -0.39 is 0 Å². The summed E-state index contributed by atoms with van der Waals surface area (Å²) in [4.78, 5) is 2.50. The molecule has 0 aromatic heterocycles. The van der Waals surface area contributed by atoms with Crippen LogP contribution in [0.4, 0.5) is 0 Å². The molecule has 3 heteroatoms. The van der Waals surface area contributed by atoms with Crippen molar-refractivity contribution in [3.8, 4) is 0 Å². The molecule has 2 fully saturated rings. The van der Waals surface area contributed by atoms with E-state index in [-0.39, 0.29) is 0 Å². The fraction of sp³-hybridized carbons (Fsp3) is 1.00. The number of nitrogens with one attached hydrogen (secondary N) is 1. The molecule has 0 aromatic rings. The summed E-state index contributed by atoms with van der Waals surface area (Å²) in [7, 11) is 4.36. The Labute approximate surface area is 112 Å². The third-order valence-corrected chi connectivity index (χ3v) is 4.65. The van der Waals surface area contributed by atoms with Crippen molar-refractivity contribution >= 4 is 0 Å². The van der Waals surface area contributed by atoms with Gasteiger partial charge in [0.25, 0.3) is 0 Å². The predicted molar refractivity (Wildman–Crippen MR) is 75.8 cm³/mol. The minimum Gasteiger partial charge on any atom is -0.380 e. The standard InChI is InChI=1S/C15H30N2O/c1-12-4-7-14(16-2)15(10-12)17(3)8-9-18-11-13-5-6-13/h12-16H,4-11H2,1-3H3. The minimum atomic E-state index is 0.662. The van der Waals surface area contributed by atoms with Crippen LogP contribution in [0.1, 0.15) is 39.0 Å². The summed E-state index contributed by atoms with van der Waals surface area (Å²) >= 11 is 0. The molecule has 18 heavy (non-hydrogen) atoms. The Bertz CT molecular complexity index is 243. The van der Waals surface area contributed by atoms with Gasteiger partial charge in [0.2, 0.25) is 0 Å². The van der Waals surface area contributed by atoms with Gasteiger partial charge < -0.3 is 10.1 Å². The lowest BCUT2D eigenvalue weighted by molar-refractivity contribution is 0.0678. The zero-order valence-corrected chi connectivity index (χ0v) is 12.3. The highest BCUT2D eigenvalue weighted by molar-refractivity contribution is 4.88. The van der Waals surface area contributed by atoms with Crippen LogP contribution in [-0.2, 0) is 4.74 Å². The van der Waals surface area contributed by atoms with Crippen molar-refractivity contribution in [1.29, 1.82) is 0 Å². The second-order valence-corrected chi connectivity index (χ2v) is 6.38. The molecule has 106 valence electrons. The van der Waals surface area contributed by atoms with Crippen molar-refractivity contribution in [3.05, 3.63) is 0 Å². The quantitative estimate of drug-likeness (QED) is 0.704. The van der Waals surface area contributed by atoms with Gasteiger partial charge in [0.15, 0.2) is 0 Å². The SMILES string of the molecule is CNC1CCC(C)CC1N(C)CCOCC1CC1. The van der Waals surface area contributed by atoms with Gasteiger partial charge in [-0.2, -0.15) is 0 Å². The molecule has 2 rings (SSSR count). The number of rotatable bonds is 7. The molecule has 0 heterocycles. The maximum atomic E-state index is 5.75. The Morgan fingerprint density at radius 3 is 2.67 bits per heavy atom. The summed E-state index contributed by atoms with van der Waals surface area (Å²) in [6.07, 6.45) is 6.78. The molecule has 0 spiro atoms. The first-order chi connectivity index (χ1) is 8.70. The molecule has 2 aliphatic rings. The van der Waals surface area contributed by atoms with Gasteiger partial charge >= 0.3 is 0 Å². The third kappa shape index (κ3) is 4.22. The van der Waals surface area contributed by atoms with Crippen LogP contribution in [-0.4, -0.2) is 50.8 Å². The van der Waals surface area contributed by atoms with E-state index in [2.05, 4.69) is 31.2 Å². The van der Waals surface area contributed by atoms with Crippen LogP contribution in [0.2, 0.25) is 0 Å². The molecule has 3 unspecified atom stereocenters. The van der Waals surface area contributed by atoms with E-state index >= 15 is 0 Å². The van der Waals surface area contributed by atoms with E-state index in [4.69, 9.17) is 4.74 Å². The van der Waals surface area contributed by atoms with Crippen LogP contribution in [0.5, 0.6) is 0 Å². The average molecular weight is 254 g/mol. The maximum absolute atomic E-state index is 5.75. The number of hydrogen-bond donors (Lipinski definition) is 1. The average Bonchev–Trinajstić information content (AvgIpc) is 3.18. The summed E-state index contributed by atoms with van der Waals surface area (Å²) in [5, 5.41) is 3.49. The van der Waals surface area contributed by atoms with Crippen LogP contribution in [0.15, 0.2) is 0 Å². The number of nitrogens with zero attached hydrogens (tertiary/aromatic N) is 1. The van der Waals surface area contributed by atoms with Gasteiger partial charge in [-0.25, -0.2) is 0 Å². The predicted octanol–water partition coefficient (Wildman–Crippen LogP) is 2.12. The topological polar surface area (TPSA) is 24.5 Å². The molecule has 2 aliphatic carbocycles. The Balaban J connectivity index is 1.68. The fourth-order valence-corrected chi connectivity index (χ4v) is 3.08. The van der Waals surface area contributed by atoms with Crippen LogP contribution < -0.4 is 5.32 Å². The largest absolute Gasteiger partial charge is 0.380 e. The minimum absolute atomic E-state index is 0.662. The summed E-state index contributed by atoms with van der Waals surface area (Å²) in [6.45, 7) is 5.34. The van der Waals surface area contributed by atoms with E-state index in [1.807, 2.05) is 0 Å². The second-order valence-electron chi connectivity index (χ2n) is 6.38. The molecule has 0 aromatic carbocycles. The molecule has 0 saturated heterocycles. The summed E-state index contributed by atoms with van der Waals surface area (Å²) in [5.41, 5.74) is 0. The van der Waals surface area contributed by atoms with Crippen molar-refractivity contribution in [1.82, 2.24) is 10.2 Å². The maximum Gasteiger partial charge on any atom is 0.0593 e. The highest BCUT2D eigenvalue weighted by Crippen LogP contribution is 2.29. The number of likely N-dealkylation sites (N-methyl/N-ethyl adjacent to an activating group) is 2. The summed E-state index contributed by atoms with van der Waals surface area (Å²) in [5.74, 6) is 1.75. The van der Waals surface area contributed by atoms with Crippen molar-refractivity contribution in [2.24, 2.45) is 11.8 Å². The molecule has 0 aliphatic heterocycles. The van der Waals surface area contributed by atoms with Gasteiger partial charge in [-0.3, -0.25) is 4.90 Å². The van der Waals surface area contributed by atoms with Crippen molar-refractivity contribution in [2.75, 3.05) is 33.9 Å². The number of ether oxygens (including phenoxy) is 1. The molecule has 3 nitrogen and oxygen atoms in total. The van der Waals surface area contributed by atoms with Gasteiger partial charge in [0.05, 0.1) is 6.61 Å². The molecule has 0 radical (unpaired) electrons. The first kappa shape index (κ1) is 14.3. The first-order valence-corrected chi connectivity index (χ1v) is 7.66. The highest BCUT2D eigenvalue weighted by Gasteiger charge is 2.30. The molecule has 0 amide bonds. The molecule has 1 N–H and O–H groups in total. The zero-order chi connectivity index (χ0) is 13.0. The lowest BCUT2D eigenvalue weighted by atomic mass is 9.82. The van der Waals surface area contributed by atoms with E-state index in [1.54, 1.807) is 0 Å². The van der Waals surface area contributed by atoms with E-state index in [9.17, 15) is 0 Å². The van der Waals surface area contributed by atoms with Gasteiger partial charge in [-0.1, -0.05) is 6.92 Å². The van der Waals surface area contributed by atoms with Gasteiger partial charge in [0.1, 0.15) is 0 Å². The van der Waals surface area contributed by atoms with E-state index in [1.165, 1.54) is 32.1 Å².